The topological polar surface area (TPSA) is 77.8 Å². The van der Waals surface area contributed by atoms with Crippen LogP contribution < -0.4 is 0 Å². The molecular formula is C7H14O4. The van der Waals surface area contributed by atoms with Crippen LogP contribution in [0.2, 0.25) is 0 Å². The number of aliphatic hydroxyl groups is 2. The first-order chi connectivity index (χ1) is 4.96. The third kappa shape index (κ3) is 2.17. The quantitative estimate of drug-likeness (QED) is 0.536. The van der Waals surface area contributed by atoms with E-state index >= 15 is 0 Å². The highest BCUT2D eigenvalue weighted by Gasteiger charge is 2.37. The van der Waals surface area contributed by atoms with Gasteiger partial charge in [-0.15, -0.1) is 0 Å². The number of aliphatic hydroxyl groups excluding tert-OH is 1. The van der Waals surface area contributed by atoms with Crippen molar-refractivity contribution in [3.05, 3.63) is 0 Å². The van der Waals surface area contributed by atoms with Crippen molar-refractivity contribution in [3.63, 3.8) is 0 Å². The van der Waals surface area contributed by atoms with E-state index < -0.39 is 17.5 Å². The molecule has 0 aliphatic heterocycles. The summed E-state index contributed by atoms with van der Waals surface area (Å²) in [5, 5.41) is 26.5. The number of rotatable bonds is 4. The van der Waals surface area contributed by atoms with Crippen molar-refractivity contribution in [1.82, 2.24) is 0 Å². The van der Waals surface area contributed by atoms with Crippen molar-refractivity contribution in [2.24, 2.45) is 5.92 Å². The Morgan fingerprint density at radius 2 is 2.09 bits per heavy atom. The fraction of sp³-hybridized carbons (Fsp3) is 0.857. The number of carboxylic acid groups (broad SMARTS) is 1. The molecule has 0 saturated heterocycles. The highest BCUT2D eigenvalue weighted by Crippen LogP contribution is 2.19. The van der Waals surface area contributed by atoms with Crippen LogP contribution in [-0.2, 0) is 4.79 Å². The summed E-state index contributed by atoms with van der Waals surface area (Å²) in [4.78, 5) is 10.4. The summed E-state index contributed by atoms with van der Waals surface area (Å²) in [6.07, 6.45) is 0.440. The van der Waals surface area contributed by atoms with Gasteiger partial charge in [0.05, 0.1) is 0 Å². The standard InChI is InChI=1S/C7H14O4/c1-3-5(4-8)7(2,11)6(9)10/h5,8,11H,3-4H2,1-2H3,(H,9,10). The molecular weight excluding hydrogens is 148 g/mol. The van der Waals surface area contributed by atoms with Gasteiger partial charge < -0.3 is 15.3 Å². The Bertz CT molecular complexity index is 137. The van der Waals surface area contributed by atoms with Crippen molar-refractivity contribution in [2.45, 2.75) is 25.9 Å². The van der Waals surface area contributed by atoms with E-state index in [1.165, 1.54) is 6.92 Å². The molecule has 0 aromatic rings. The Kier molecular flexibility index (Phi) is 3.48. The molecule has 0 aromatic carbocycles. The van der Waals surface area contributed by atoms with Crippen molar-refractivity contribution < 1.29 is 20.1 Å². The van der Waals surface area contributed by atoms with Gasteiger partial charge in [0.1, 0.15) is 0 Å². The first-order valence-electron chi connectivity index (χ1n) is 3.53. The fourth-order valence-corrected chi connectivity index (χ4v) is 0.879. The average molecular weight is 162 g/mol. The van der Waals surface area contributed by atoms with E-state index in [2.05, 4.69) is 0 Å². The molecule has 66 valence electrons. The second kappa shape index (κ2) is 3.69. The number of carboxylic acids is 1. The van der Waals surface area contributed by atoms with Gasteiger partial charge in [-0.2, -0.15) is 0 Å². The molecule has 0 bridgehead atoms. The molecule has 0 aromatic heterocycles. The van der Waals surface area contributed by atoms with E-state index in [0.29, 0.717) is 6.42 Å². The van der Waals surface area contributed by atoms with Gasteiger partial charge >= 0.3 is 5.97 Å². The Morgan fingerprint density at radius 3 is 2.18 bits per heavy atom. The van der Waals surface area contributed by atoms with Crippen LogP contribution in [0, 0.1) is 5.92 Å². The molecule has 0 spiro atoms. The minimum absolute atomic E-state index is 0.310. The fourth-order valence-electron chi connectivity index (χ4n) is 0.879. The van der Waals surface area contributed by atoms with Crippen LogP contribution in [0.5, 0.6) is 0 Å². The van der Waals surface area contributed by atoms with E-state index in [1.54, 1.807) is 6.92 Å². The highest BCUT2D eigenvalue weighted by atomic mass is 16.4. The van der Waals surface area contributed by atoms with Gasteiger partial charge in [0.15, 0.2) is 5.60 Å². The molecule has 3 N–H and O–H groups in total. The molecule has 0 amide bonds. The minimum Gasteiger partial charge on any atom is -0.479 e. The maximum Gasteiger partial charge on any atom is 0.335 e. The number of hydrogen-bond acceptors (Lipinski definition) is 3. The summed E-state index contributed by atoms with van der Waals surface area (Å²) in [7, 11) is 0. The zero-order chi connectivity index (χ0) is 9.07. The third-order valence-electron chi connectivity index (χ3n) is 1.94. The lowest BCUT2D eigenvalue weighted by Gasteiger charge is -2.25. The molecule has 0 aliphatic rings. The molecule has 0 heterocycles. The smallest absolute Gasteiger partial charge is 0.335 e. The van der Waals surface area contributed by atoms with Crippen LogP contribution >= 0.6 is 0 Å². The molecule has 0 fully saturated rings. The van der Waals surface area contributed by atoms with Gasteiger partial charge in [-0.3, -0.25) is 0 Å². The minimum atomic E-state index is -1.82. The number of carbonyl (C=O) groups is 1. The van der Waals surface area contributed by atoms with Crippen LogP contribution in [0.25, 0.3) is 0 Å². The molecule has 0 aliphatic carbocycles. The van der Waals surface area contributed by atoms with Crippen LogP contribution in [0.3, 0.4) is 0 Å². The summed E-state index contributed by atoms with van der Waals surface area (Å²) < 4.78 is 0. The van der Waals surface area contributed by atoms with Gasteiger partial charge in [0.2, 0.25) is 0 Å². The zero-order valence-electron chi connectivity index (χ0n) is 6.74. The van der Waals surface area contributed by atoms with Gasteiger partial charge in [-0.05, 0) is 13.3 Å². The van der Waals surface area contributed by atoms with Crippen LogP contribution in [0.4, 0.5) is 0 Å². The molecule has 0 radical (unpaired) electrons. The highest BCUT2D eigenvalue weighted by molar-refractivity contribution is 5.76. The van der Waals surface area contributed by atoms with E-state index in [-0.39, 0.29) is 6.61 Å². The molecule has 0 saturated carbocycles. The predicted molar refractivity (Wildman–Crippen MR) is 39.1 cm³/mol. The van der Waals surface area contributed by atoms with Crippen molar-refractivity contribution in [1.29, 1.82) is 0 Å². The lowest BCUT2D eigenvalue weighted by atomic mass is 9.88. The third-order valence-corrected chi connectivity index (χ3v) is 1.94. The van der Waals surface area contributed by atoms with Crippen molar-refractivity contribution in [3.8, 4) is 0 Å². The normalized spacial score (nSPS) is 18.9. The van der Waals surface area contributed by atoms with Gasteiger partial charge in [-0.1, -0.05) is 6.92 Å². The van der Waals surface area contributed by atoms with Crippen LogP contribution in [0.15, 0.2) is 0 Å². The van der Waals surface area contributed by atoms with Crippen molar-refractivity contribution >= 4 is 5.97 Å². The zero-order valence-corrected chi connectivity index (χ0v) is 6.74. The second-order valence-corrected chi connectivity index (χ2v) is 2.74. The summed E-state index contributed by atoms with van der Waals surface area (Å²) >= 11 is 0. The summed E-state index contributed by atoms with van der Waals surface area (Å²) in [6.45, 7) is 2.60. The molecule has 0 rings (SSSR count). The lowest BCUT2D eigenvalue weighted by Crippen LogP contribution is -2.44. The largest absolute Gasteiger partial charge is 0.479 e. The van der Waals surface area contributed by atoms with E-state index in [9.17, 15) is 9.90 Å². The lowest BCUT2D eigenvalue weighted by molar-refractivity contribution is -0.164. The Morgan fingerprint density at radius 1 is 1.64 bits per heavy atom. The maximum absolute atomic E-state index is 10.4. The van der Waals surface area contributed by atoms with Crippen LogP contribution in [-0.4, -0.2) is 33.5 Å². The Hall–Kier alpha value is -0.610. The SMILES string of the molecule is CCC(CO)C(C)(O)C(=O)O. The Labute approximate surface area is 65.5 Å². The molecule has 2 unspecified atom stereocenters. The molecule has 2 atom stereocenters. The first kappa shape index (κ1) is 10.4. The number of hydrogen-bond donors (Lipinski definition) is 3. The first-order valence-corrected chi connectivity index (χ1v) is 3.53. The van der Waals surface area contributed by atoms with Gasteiger partial charge in [0, 0.05) is 12.5 Å². The Balaban J connectivity index is 4.36. The summed E-state index contributed by atoms with van der Waals surface area (Å²) in [5.74, 6) is -1.89. The van der Waals surface area contributed by atoms with Crippen molar-refractivity contribution in [2.75, 3.05) is 6.61 Å². The predicted octanol–water partition coefficient (Wildman–Crippen LogP) is -0.160. The van der Waals surface area contributed by atoms with E-state index in [1.807, 2.05) is 0 Å². The van der Waals surface area contributed by atoms with E-state index in [0.717, 1.165) is 0 Å². The monoisotopic (exact) mass is 162 g/mol. The van der Waals surface area contributed by atoms with E-state index in [4.69, 9.17) is 10.2 Å². The second-order valence-electron chi connectivity index (χ2n) is 2.74. The van der Waals surface area contributed by atoms with Gasteiger partial charge in [0.25, 0.3) is 0 Å². The molecule has 4 heteroatoms. The van der Waals surface area contributed by atoms with Gasteiger partial charge in [-0.25, -0.2) is 4.79 Å². The number of aliphatic carboxylic acids is 1. The average Bonchev–Trinajstić information content (AvgIpc) is 1.89. The molecule has 11 heavy (non-hydrogen) atoms. The summed E-state index contributed by atoms with van der Waals surface area (Å²) in [6, 6.07) is 0. The molecule has 4 nitrogen and oxygen atoms in total. The maximum atomic E-state index is 10.4. The van der Waals surface area contributed by atoms with Crippen LogP contribution in [0.1, 0.15) is 20.3 Å². The summed E-state index contributed by atoms with van der Waals surface area (Å²) in [5.41, 5.74) is -1.82.